The van der Waals surface area contributed by atoms with Gasteiger partial charge in [-0.25, -0.2) is 24.9 Å². The van der Waals surface area contributed by atoms with E-state index in [1.807, 2.05) is 11.9 Å². The number of imidazole rings is 1. The lowest BCUT2D eigenvalue weighted by atomic mass is 9.74. The van der Waals surface area contributed by atoms with Crippen LogP contribution in [0.25, 0.3) is 33.9 Å². The van der Waals surface area contributed by atoms with Crippen molar-refractivity contribution in [1.82, 2.24) is 29.9 Å². The SMILES string of the molecule is CCOc1cc(-c2cc(N(C)CC3(COC)CCCCC3)c3[nH]c(-c4cnc(N5CCC(C(=O)O)CC5)cn4)nc3n2)cc(C(F)(F)F)n1. The Morgan fingerprint density at radius 1 is 1.06 bits per heavy atom. The number of carboxylic acids is 1. The molecule has 1 saturated heterocycles. The Morgan fingerprint density at radius 2 is 1.82 bits per heavy atom. The molecule has 15 heteroatoms. The zero-order chi connectivity index (χ0) is 34.8. The normalized spacial score (nSPS) is 17.0. The fourth-order valence-electron chi connectivity index (χ4n) is 7.07. The first kappa shape index (κ1) is 34.3. The van der Waals surface area contributed by atoms with Crippen molar-refractivity contribution in [3.05, 3.63) is 36.3 Å². The highest BCUT2D eigenvalue weighted by atomic mass is 19.4. The second kappa shape index (κ2) is 14.1. The van der Waals surface area contributed by atoms with Crippen LogP contribution in [0.1, 0.15) is 57.6 Å². The van der Waals surface area contributed by atoms with Crippen molar-refractivity contribution in [3.8, 4) is 28.7 Å². The van der Waals surface area contributed by atoms with Gasteiger partial charge < -0.3 is 29.4 Å². The Kier molecular flexibility index (Phi) is 9.91. The van der Waals surface area contributed by atoms with Crippen LogP contribution in [0.15, 0.2) is 30.6 Å². The number of fused-ring (bicyclic) bond motifs is 1. The van der Waals surface area contributed by atoms with Crippen molar-refractivity contribution in [2.24, 2.45) is 11.3 Å². The lowest BCUT2D eigenvalue weighted by Gasteiger charge is -2.40. The molecule has 0 amide bonds. The van der Waals surface area contributed by atoms with Gasteiger partial charge in [-0.2, -0.15) is 13.2 Å². The molecule has 12 nitrogen and oxygen atoms in total. The number of pyridine rings is 2. The number of halogens is 3. The fraction of sp³-hybridized carbons (Fsp3) is 0.529. The van der Waals surface area contributed by atoms with E-state index in [9.17, 15) is 23.1 Å². The van der Waals surface area contributed by atoms with Crippen LogP contribution >= 0.6 is 0 Å². The summed E-state index contributed by atoms with van der Waals surface area (Å²) in [4.78, 5) is 41.2. The molecule has 0 aromatic carbocycles. The molecule has 4 aromatic rings. The van der Waals surface area contributed by atoms with Gasteiger partial charge >= 0.3 is 12.1 Å². The largest absolute Gasteiger partial charge is 0.481 e. The molecule has 1 aliphatic heterocycles. The molecule has 5 heterocycles. The molecule has 6 rings (SSSR count). The lowest BCUT2D eigenvalue weighted by molar-refractivity contribution is -0.142. The minimum atomic E-state index is -4.68. The molecule has 0 bridgehead atoms. The van der Waals surface area contributed by atoms with E-state index in [2.05, 4.69) is 24.8 Å². The summed E-state index contributed by atoms with van der Waals surface area (Å²) in [5.74, 6) is -0.230. The number of aromatic amines is 1. The molecule has 1 saturated carbocycles. The van der Waals surface area contributed by atoms with Gasteiger partial charge in [0.1, 0.15) is 22.7 Å². The van der Waals surface area contributed by atoms with Crippen molar-refractivity contribution < 1.29 is 32.5 Å². The number of hydrogen-bond acceptors (Lipinski definition) is 10. The van der Waals surface area contributed by atoms with Gasteiger partial charge in [0.05, 0.1) is 42.9 Å². The number of ether oxygens (including phenoxy) is 2. The van der Waals surface area contributed by atoms with Crippen LogP contribution in [0, 0.1) is 11.3 Å². The van der Waals surface area contributed by atoms with Crippen LogP contribution in [0.3, 0.4) is 0 Å². The predicted molar refractivity (Wildman–Crippen MR) is 178 cm³/mol. The van der Waals surface area contributed by atoms with E-state index in [1.165, 1.54) is 12.5 Å². The first-order valence-corrected chi connectivity index (χ1v) is 16.6. The summed E-state index contributed by atoms with van der Waals surface area (Å²) in [6, 6.07) is 4.21. The Bertz CT molecular complexity index is 1760. The molecule has 49 heavy (non-hydrogen) atoms. The number of H-pyrrole nitrogens is 1. The van der Waals surface area contributed by atoms with Crippen molar-refractivity contribution in [3.63, 3.8) is 0 Å². The van der Waals surface area contributed by atoms with Gasteiger partial charge in [-0.05, 0) is 44.7 Å². The predicted octanol–water partition coefficient (Wildman–Crippen LogP) is 6.23. The summed E-state index contributed by atoms with van der Waals surface area (Å²) >= 11 is 0. The third kappa shape index (κ3) is 7.56. The maximum atomic E-state index is 13.9. The number of hydrogen-bond donors (Lipinski definition) is 2. The Labute approximate surface area is 282 Å². The van der Waals surface area contributed by atoms with Gasteiger partial charge in [0.25, 0.3) is 0 Å². The second-order valence-electron chi connectivity index (χ2n) is 13.0. The maximum Gasteiger partial charge on any atom is 0.433 e. The summed E-state index contributed by atoms with van der Waals surface area (Å²) in [6.45, 7) is 4.23. The number of methoxy groups -OCH3 is 1. The number of alkyl halides is 3. The smallest absolute Gasteiger partial charge is 0.433 e. The number of nitrogens with zero attached hydrogens (tertiary/aromatic N) is 7. The van der Waals surface area contributed by atoms with E-state index in [1.54, 1.807) is 32.5 Å². The molecule has 4 aromatic heterocycles. The molecule has 262 valence electrons. The summed E-state index contributed by atoms with van der Waals surface area (Å²) in [6.07, 6.45) is 5.02. The molecule has 0 atom stereocenters. The molecule has 1 aliphatic carbocycles. The van der Waals surface area contributed by atoms with E-state index < -0.39 is 17.8 Å². The highest BCUT2D eigenvalue weighted by molar-refractivity contribution is 5.91. The van der Waals surface area contributed by atoms with Gasteiger partial charge in [0.2, 0.25) is 5.88 Å². The third-order valence-corrected chi connectivity index (χ3v) is 9.52. The van der Waals surface area contributed by atoms with Gasteiger partial charge in [-0.1, -0.05) is 19.3 Å². The quantitative estimate of drug-likeness (QED) is 0.186. The first-order chi connectivity index (χ1) is 23.5. The van der Waals surface area contributed by atoms with Crippen LogP contribution in [-0.2, 0) is 15.7 Å². The number of aliphatic carboxylic acids is 1. The number of carbonyl (C=O) groups is 1. The third-order valence-electron chi connectivity index (χ3n) is 9.52. The Balaban J connectivity index is 1.39. The van der Waals surface area contributed by atoms with E-state index in [0.29, 0.717) is 73.3 Å². The number of nitrogens with one attached hydrogen (secondary N) is 1. The fourth-order valence-corrected chi connectivity index (χ4v) is 7.07. The molecule has 2 aliphatic rings. The highest BCUT2D eigenvalue weighted by Crippen LogP contribution is 2.40. The standard InChI is InChI=1S/C34H41F3N8O4/c1-4-49-28-15-22(14-26(41-28)34(35,36)37)23-16-25(44(2)19-33(20-48-3)10-6-5-7-11-33)29-31(40-23)43-30(42-29)24-17-39-27(18-38-24)45-12-8-21(9-13-45)32(46)47/h14-18,21H,4-13,19-20H2,1-3H3,(H,46,47)(H,40,42,43). The van der Waals surface area contributed by atoms with Gasteiger partial charge in [-0.3, -0.25) is 4.79 Å². The number of carboxylic acid groups (broad SMARTS) is 1. The summed E-state index contributed by atoms with van der Waals surface area (Å²) in [5, 5.41) is 9.33. The van der Waals surface area contributed by atoms with Gasteiger partial charge in [-0.15, -0.1) is 0 Å². The van der Waals surface area contributed by atoms with E-state index in [0.717, 1.165) is 31.7 Å². The first-order valence-electron chi connectivity index (χ1n) is 16.6. The molecule has 2 fully saturated rings. The van der Waals surface area contributed by atoms with Crippen LogP contribution in [0.5, 0.6) is 5.88 Å². The van der Waals surface area contributed by atoms with E-state index in [-0.39, 0.29) is 35.1 Å². The minimum absolute atomic E-state index is 0.0805. The molecular formula is C34H41F3N8O4. The molecular weight excluding hydrogens is 641 g/mol. The van der Waals surface area contributed by atoms with E-state index in [4.69, 9.17) is 19.4 Å². The van der Waals surface area contributed by atoms with Crippen LogP contribution in [0.2, 0.25) is 0 Å². The number of rotatable bonds is 11. The number of piperidine rings is 1. The number of anilines is 2. The van der Waals surface area contributed by atoms with Crippen LogP contribution in [-0.4, -0.2) is 88.0 Å². The minimum Gasteiger partial charge on any atom is -0.481 e. The van der Waals surface area contributed by atoms with Gasteiger partial charge in [0.15, 0.2) is 11.5 Å². The zero-order valence-electron chi connectivity index (χ0n) is 27.9. The van der Waals surface area contributed by atoms with Crippen molar-refractivity contribution in [2.75, 3.05) is 56.8 Å². The van der Waals surface area contributed by atoms with Crippen LogP contribution in [0.4, 0.5) is 24.7 Å². The second-order valence-corrected chi connectivity index (χ2v) is 13.0. The van der Waals surface area contributed by atoms with Crippen molar-refractivity contribution in [1.29, 1.82) is 0 Å². The topological polar surface area (TPSA) is 142 Å². The van der Waals surface area contributed by atoms with Crippen molar-refractivity contribution >= 4 is 28.6 Å². The van der Waals surface area contributed by atoms with Crippen molar-refractivity contribution in [2.45, 2.75) is 58.0 Å². The van der Waals surface area contributed by atoms with E-state index >= 15 is 0 Å². The molecule has 0 spiro atoms. The summed E-state index contributed by atoms with van der Waals surface area (Å²) in [5.41, 5.74) is 1.44. The monoisotopic (exact) mass is 682 g/mol. The molecule has 2 N–H and O–H groups in total. The lowest BCUT2D eigenvalue weighted by Crippen LogP contribution is -2.40. The number of aromatic nitrogens is 6. The average Bonchev–Trinajstić information content (AvgIpc) is 3.52. The Morgan fingerprint density at radius 3 is 2.45 bits per heavy atom. The highest BCUT2D eigenvalue weighted by Gasteiger charge is 2.36. The maximum absolute atomic E-state index is 13.9. The average molecular weight is 683 g/mol. The summed E-state index contributed by atoms with van der Waals surface area (Å²) < 4.78 is 52.8. The molecule has 0 radical (unpaired) electrons. The summed E-state index contributed by atoms with van der Waals surface area (Å²) in [7, 11) is 3.68. The Hall–Kier alpha value is -4.53. The zero-order valence-corrected chi connectivity index (χ0v) is 27.9. The van der Waals surface area contributed by atoms with Gasteiger partial charge in [0, 0.05) is 50.8 Å². The van der Waals surface area contributed by atoms with Crippen LogP contribution < -0.4 is 14.5 Å². The molecule has 0 unspecified atom stereocenters.